The third-order valence-electron chi connectivity index (χ3n) is 10.4. The molecule has 0 unspecified atom stereocenters. The maximum Gasteiger partial charge on any atom is 0.509 e. The smallest absolute Gasteiger partial charge is 0.461 e. The lowest BCUT2D eigenvalue weighted by Gasteiger charge is -2.47. The van der Waals surface area contributed by atoms with Crippen molar-refractivity contribution in [3.05, 3.63) is 0 Å². The number of carbonyl (C=O) groups is 3. The first-order valence-corrected chi connectivity index (χ1v) is 17.2. The van der Waals surface area contributed by atoms with Crippen LogP contribution in [-0.2, 0) is 38.0 Å². The average Bonchev–Trinajstić information content (AvgIpc) is 3.29. The summed E-state index contributed by atoms with van der Waals surface area (Å²) in [6, 6.07) is -0.583. The highest BCUT2D eigenvalue weighted by atomic mass is 16.8. The molecule has 0 aromatic carbocycles. The molecular weight excluding hydrogens is 612 g/mol. The standard InChI is InChI=1S/C34H60N2O11/c1-13-25-34(10)29(46-32(40)47-34)22(7)36(14-2)17-18(3)16-33(9,41)28(20(5)27(43-23(8)37)21(6)30(39)44-25)45-31-26(38)24(35(11)12)15-19(4)42-31/h18-22,24-29,31,38,41H,13-17H2,1-12H3/t18-,19-,20+,21-,22-,24+,25-,26-,27+,28-,29-,31+,33-,34-/m1/s1. The molecule has 2 N–H and O–H groups in total. The molecule has 13 nitrogen and oxygen atoms in total. The minimum atomic E-state index is -1.54. The van der Waals surface area contributed by atoms with Gasteiger partial charge in [-0.1, -0.05) is 27.7 Å². The van der Waals surface area contributed by atoms with E-state index < -0.39 is 77.9 Å². The van der Waals surface area contributed by atoms with E-state index in [9.17, 15) is 24.6 Å². The van der Waals surface area contributed by atoms with Crippen LogP contribution < -0.4 is 0 Å². The van der Waals surface area contributed by atoms with Gasteiger partial charge < -0.3 is 43.5 Å². The molecule has 3 saturated heterocycles. The second-order valence-corrected chi connectivity index (χ2v) is 14.8. The van der Waals surface area contributed by atoms with E-state index in [-0.39, 0.29) is 30.5 Å². The SMILES string of the molecule is CC[C@H]1OC(=O)[C@H](C)[C@@H](OC(C)=O)[C@H](C)[C@@H](O[C@@H]2O[C@H](C)C[C@H](N(C)C)[C@H]2O)[C@](C)(O)C[C@@H](C)CN(CC)[C@H](C)[C@H]2OC(=O)O[C@@]21C. The van der Waals surface area contributed by atoms with E-state index in [0.29, 0.717) is 25.9 Å². The minimum Gasteiger partial charge on any atom is -0.461 e. The Morgan fingerprint density at radius 1 is 1.09 bits per heavy atom. The van der Waals surface area contributed by atoms with Gasteiger partial charge in [-0.25, -0.2) is 4.79 Å². The number of aliphatic hydroxyl groups excluding tert-OH is 1. The van der Waals surface area contributed by atoms with Crippen molar-refractivity contribution in [2.75, 3.05) is 27.2 Å². The van der Waals surface area contributed by atoms with E-state index in [1.807, 2.05) is 53.6 Å². The lowest BCUT2D eigenvalue weighted by molar-refractivity contribution is -0.299. The lowest BCUT2D eigenvalue weighted by Crippen LogP contribution is -2.59. The molecule has 0 aliphatic carbocycles. The van der Waals surface area contributed by atoms with E-state index in [0.717, 1.165) is 0 Å². The summed E-state index contributed by atoms with van der Waals surface area (Å²) in [5.74, 6) is -3.17. The molecule has 0 radical (unpaired) electrons. The van der Waals surface area contributed by atoms with Crippen molar-refractivity contribution in [2.45, 2.75) is 155 Å². The Labute approximate surface area is 280 Å². The summed E-state index contributed by atoms with van der Waals surface area (Å²) < 4.78 is 36.1. The van der Waals surface area contributed by atoms with E-state index in [2.05, 4.69) is 4.90 Å². The molecule has 0 aromatic rings. The number of hydrogen-bond donors (Lipinski definition) is 2. The number of aliphatic hydroxyl groups is 2. The van der Waals surface area contributed by atoms with Gasteiger partial charge in [0.1, 0.15) is 18.3 Å². The Kier molecular flexibility index (Phi) is 13.1. The van der Waals surface area contributed by atoms with E-state index >= 15 is 0 Å². The van der Waals surface area contributed by atoms with Crippen LogP contribution in [0.15, 0.2) is 0 Å². The molecule has 0 saturated carbocycles. The Morgan fingerprint density at radius 3 is 2.28 bits per heavy atom. The molecule has 0 aromatic heterocycles. The molecule has 14 atom stereocenters. The van der Waals surface area contributed by atoms with Gasteiger partial charge in [0, 0.05) is 31.5 Å². The quantitative estimate of drug-likeness (QED) is 0.314. The monoisotopic (exact) mass is 672 g/mol. The fourth-order valence-corrected chi connectivity index (χ4v) is 8.02. The van der Waals surface area contributed by atoms with Crippen molar-refractivity contribution in [2.24, 2.45) is 17.8 Å². The molecule has 3 rings (SSSR count). The summed E-state index contributed by atoms with van der Waals surface area (Å²) in [7, 11) is 3.75. The highest BCUT2D eigenvalue weighted by molar-refractivity contribution is 5.74. The summed E-state index contributed by atoms with van der Waals surface area (Å²) in [6.45, 7) is 18.8. The molecule has 3 aliphatic rings. The van der Waals surface area contributed by atoms with Crippen LogP contribution in [0.1, 0.15) is 88.5 Å². The molecule has 13 heteroatoms. The van der Waals surface area contributed by atoms with Crippen molar-refractivity contribution in [1.29, 1.82) is 0 Å². The van der Waals surface area contributed by atoms with E-state index in [4.69, 9.17) is 28.4 Å². The molecule has 3 aliphatic heterocycles. The molecule has 0 amide bonds. The number of ether oxygens (including phenoxy) is 6. The fourth-order valence-electron chi connectivity index (χ4n) is 8.02. The molecule has 0 bridgehead atoms. The van der Waals surface area contributed by atoms with Crippen LogP contribution in [0.25, 0.3) is 0 Å². The fraction of sp³-hybridized carbons (Fsp3) is 0.912. The van der Waals surface area contributed by atoms with Gasteiger partial charge in [-0.15, -0.1) is 0 Å². The Hall–Kier alpha value is -2.03. The molecule has 0 spiro atoms. The molecule has 3 fully saturated rings. The number of hydrogen-bond acceptors (Lipinski definition) is 13. The van der Waals surface area contributed by atoms with Gasteiger partial charge in [-0.2, -0.15) is 0 Å². The van der Waals surface area contributed by atoms with Crippen LogP contribution in [0.4, 0.5) is 4.79 Å². The highest BCUT2D eigenvalue weighted by Crippen LogP contribution is 2.40. The van der Waals surface area contributed by atoms with Crippen molar-refractivity contribution < 1.29 is 53.0 Å². The molecular formula is C34H60N2O11. The molecule has 3 heterocycles. The summed E-state index contributed by atoms with van der Waals surface area (Å²) in [5.41, 5.74) is -2.82. The maximum atomic E-state index is 13.9. The topological polar surface area (TPSA) is 154 Å². The summed E-state index contributed by atoms with van der Waals surface area (Å²) in [4.78, 5) is 43.1. The zero-order chi connectivity index (χ0) is 35.6. The summed E-state index contributed by atoms with van der Waals surface area (Å²) in [6.07, 6.45) is -5.77. The zero-order valence-electron chi connectivity index (χ0n) is 30.4. The summed E-state index contributed by atoms with van der Waals surface area (Å²) >= 11 is 0. The van der Waals surface area contributed by atoms with Gasteiger partial charge in [-0.05, 0) is 80.4 Å². The lowest BCUT2D eigenvalue weighted by atomic mass is 9.77. The van der Waals surface area contributed by atoms with Crippen LogP contribution in [0, 0.1) is 17.8 Å². The van der Waals surface area contributed by atoms with Crippen molar-refractivity contribution in [1.82, 2.24) is 9.80 Å². The van der Waals surface area contributed by atoms with Gasteiger partial charge in [0.2, 0.25) is 0 Å². The van der Waals surface area contributed by atoms with Gasteiger partial charge >= 0.3 is 18.1 Å². The third kappa shape index (κ3) is 8.77. The first kappa shape index (κ1) is 39.4. The van der Waals surface area contributed by atoms with Crippen LogP contribution in [-0.4, -0.2) is 131 Å². The first-order valence-electron chi connectivity index (χ1n) is 17.2. The van der Waals surface area contributed by atoms with Gasteiger partial charge in [0.25, 0.3) is 0 Å². The van der Waals surface area contributed by atoms with Crippen LogP contribution >= 0.6 is 0 Å². The number of rotatable bonds is 6. The zero-order valence-corrected chi connectivity index (χ0v) is 30.4. The second kappa shape index (κ2) is 15.7. The van der Waals surface area contributed by atoms with Crippen molar-refractivity contribution in [3.63, 3.8) is 0 Å². The number of nitrogens with zero attached hydrogens (tertiary/aromatic N) is 2. The molecule has 272 valence electrons. The Morgan fingerprint density at radius 2 is 1.72 bits per heavy atom. The molecule has 47 heavy (non-hydrogen) atoms. The van der Waals surface area contributed by atoms with Crippen LogP contribution in [0.5, 0.6) is 0 Å². The predicted molar refractivity (Wildman–Crippen MR) is 172 cm³/mol. The van der Waals surface area contributed by atoms with E-state index in [1.54, 1.807) is 27.7 Å². The average molecular weight is 673 g/mol. The van der Waals surface area contributed by atoms with E-state index in [1.165, 1.54) is 6.92 Å². The van der Waals surface area contributed by atoms with Crippen LogP contribution in [0.2, 0.25) is 0 Å². The third-order valence-corrected chi connectivity index (χ3v) is 10.4. The van der Waals surface area contributed by atoms with Crippen molar-refractivity contribution in [3.8, 4) is 0 Å². The predicted octanol–water partition coefficient (Wildman–Crippen LogP) is 3.12. The Balaban J connectivity index is 2.13. The Bertz CT molecular complexity index is 1090. The normalized spacial score (nSPS) is 44.4. The second-order valence-electron chi connectivity index (χ2n) is 14.8. The number of cyclic esters (lactones) is 1. The highest BCUT2D eigenvalue weighted by Gasteiger charge is 2.58. The van der Waals surface area contributed by atoms with Gasteiger partial charge in [-0.3, -0.25) is 14.5 Å². The number of likely N-dealkylation sites (N-methyl/N-ethyl adjacent to an activating group) is 2. The van der Waals surface area contributed by atoms with Crippen molar-refractivity contribution >= 4 is 18.1 Å². The number of fused-ring (bicyclic) bond motifs is 1. The maximum absolute atomic E-state index is 13.9. The minimum absolute atomic E-state index is 0.102. The number of carbonyl (C=O) groups excluding carboxylic acids is 3. The van der Waals surface area contributed by atoms with Crippen LogP contribution in [0.3, 0.4) is 0 Å². The number of esters is 2. The van der Waals surface area contributed by atoms with Gasteiger partial charge in [0.15, 0.2) is 18.0 Å². The first-order chi connectivity index (χ1) is 21.8. The largest absolute Gasteiger partial charge is 0.509 e. The summed E-state index contributed by atoms with van der Waals surface area (Å²) in [5, 5.41) is 23.7. The van der Waals surface area contributed by atoms with Gasteiger partial charge in [0.05, 0.1) is 23.7 Å².